The number of para-hydroxylation sites is 2. The third kappa shape index (κ3) is 5.94. The lowest BCUT2D eigenvalue weighted by Gasteiger charge is -2.31. The number of halogens is 6. The molecule has 34 heavy (non-hydrogen) atoms. The maximum Gasteiger partial charge on any atom is 0.416 e. The molecule has 2 aromatic rings. The average molecular weight is 486 g/mol. The summed E-state index contributed by atoms with van der Waals surface area (Å²) in [5.41, 5.74) is -1.18. The first kappa shape index (κ1) is 24.8. The molecule has 180 valence electrons. The van der Waals surface area contributed by atoms with Crippen molar-refractivity contribution in [1.82, 2.24) is 0 Å². The van der Waals surface area contributed by atoms with Crippen LogP contribution in [0.2, 0.25) is 0 Å². The zero-order chi connectivity index (χ0) is 25.1. The second-order valence-electron chi connectivity index (χ2n) is 7.15. The van der Waals surface area contributed by atoms with Crippen molar-refractivity contribution in [2.24, 2.45) is 0 Å². The second-order valence-corrected chi connectivity index (χ2v) is 7.15. The van der Waals surface area contributed by atoms with Gasteiger partial charge in [-0.05, 0) is 35.9 Å². The number of nitrogens with one attached hydrogen (secondary N) is 1. The molecule has 0 radical (unpaired) electrons. The Kier molecular flexibility index (Phi) is 6.99. The van der Waals surface area contributed by atoms with Gasteiger partial charge < -0.3 is 10.1 Å². The van der Waals surface area contributed by atoms with Crippen LogP contribution in [-0.4, -0.2) is 36.6 Å². The molecule has 1 heterocycles. The van der Waals surface area contributed by atoms with E-state index < -0.39 is 54.8 Å². The van der Waals surface area contributed by atoms with Gasteiger partial charge >= 0.3 is 18.3 Å². The van der Waals surface area contributed by atoms with Crippen molar-refractivity contribution in [3.05, 3.63) is 65.7 Å². The minimum Gasteiger partial charge on any atom is -0.452 e. The van der Waals surface area contributed by atoms with Crippen LogP contribution in [0.4, 0.5) is 37.7 Å². The summed E-state index contributed by atoms with van der Waals surface area (Å²) < 4.78 is 84.0. The van der Waals surface area contributed by atoms with Crippen LogP contribution < -0.4 is 10.2 Å². The standard InChI is InChI=1S/C22H16F6N2O4/c23-21(24,25)14-5-3-4-13(10-14)8-9-20(33)34-12-19(32)30-16-7-2-1-6-15(16)29-18(31)11-17(30)22(26,27)28/h1-10,17H,11-12H2,(H,29,31)/b9-8+. The maximum absolute atomic E-state index is 13.7. The highest BCUT2D eigenvalue weighted by Gasteiger charge is 2.49. The van der Waals surface area contributed by atoms with E-state index in [1.807, 2.05) is 0 Å². The van der Waals surface area contributed by atoms with E-state index in [-0.39, 0.29) is 16.9 Å². The molecule has 0 aliphatic carbocycles. The molecule has 1 atom stereocenters. The van der Waals surface area contributed by atoms with Gasteiger partial charge in [0, 0.05) is 6.08 Å². The van der Waals surface area contributed by atoms with E-state index in [0.29, 0.717) is 4.90 Å². The van der Waals surface area contributed by atoms with Crippen LogP contribution in [-0.2, 0) is 25.3 Å². The summed E-state index contributed by atoms with van der Waals surface area (Å²) in [5, 5.41) is 2.30. The summed E-state index contributed by atoms with van der Waals surface area (Å²) in [7, 11) is 0. The molecule has 1 aliphatic heterocycles. The molecule has 3 rings (SSSR count). The molecule has 0 fully saturated rings. The number of amides is 2. The van der Waals surface area contributed by atoms with E-state index in [9.17, 15) is 40.7 Å². The quantitative estimate of drug-likeness (QED) is 0.391. The SMILES string of the molecule is O=C1CC(C(F)(F)F)N(C(=O)COC(=O)/C=C/c2cccc(C(F)(F)F)c2)c2ccccc2N1. The first-order valence-electron chi connectivity index (χ1n) is 9.66. The van der Waals surface area contributed by atoms with Crippen molar-refractivity contribution >= 4 is 35.2 Å². The minimum atomic E-state index is -4.96. The number of anilines is 2. The molecule has 1 N–H and O–H groups in total. The molecule has 6 nitrogen and oxygen atoms in total. The molecule has 2 amide bonds. The first-order valence-corrected chi connectivity index (χ1v) is 9.66. The number of rotatable bonds is 4. The summed E-state index contributed by atoms with van der Waals surface area (Å²) >= 11 is 0. The number of carbonyl (C=O) groups is 3. The zero-order valence-corrected chi connectivity index (χ0v) is 17.1. The number of fused-ring (bicyclic) bond motifs is 1. The lowest BCUT2D eigenvalue weighted by Crippen LogP contribution is -2.51. The smallest absolute Gasteiger partial charge is 0.416 e. The Morgan fingerprint density at radius 2 is 1.76 bits per heavy atom. The summed E-state index contributed by atoms with van der Waals surface area (Å²) in [6.45, 7) is -1.10. The Bertz CT molecular complexity index is 1130. The summed E-state index contributed by atoms with van der Waals surface area (Å²) in [6, 6.07) is 6.87. The van der Waals surface area contributed by atoms with Crippen LogP contribution >= 0.6 is 0 Å². The summed E-state index contributed by atoms with van der Waals surface area (Å²) in [6.07, 6.45) is -8.87. The highest BCUT2D eigenvalue weighted by Crippen LogP contribution is 2.37. The van der Waals surface area contributed by atoms with Gasteiger partial charge in [0.2, 0.25) is 5.91 Å². The number of esters is 1. The van der Waals surface area contributed by atoms with Crippen LogP contribution in [0.15, 0.2) is 54.6 Å². The van der Waals surface area contributed by atoms with E-state index in [0.717, 1.165) is 30.4 Å². The van der Waals surface area contributed by atoms with Gasteiger partial charge in [0.25, 0.3) is 5.91 Å². The molecule has 12 heteroatoms. The van der Waals surface area contributed by atoms with Crippen LogP contribution in [0.3, 0.4) is 0 Å². The van der Waals surface area contributed by atoms with Crippen molar-refractivity contribution in [1.29, 1.82) is 0 Å². The Morgan fingerprint density at radius 3 is 2.44 bits per heavy atom. The molecule has 1 unspecified atom stereocenters. The molecule has 0 saturated heterocycles. The van der Waals surface area contributed by atoms with Gasteiger partial charge in [-0.25, -0.2) is 4.79 Å². The van der Waals surface area contributed by atoms with E-state index in [1.165, 1.54) is 30.3 Å². The Balaban J connectivity index is 1.75. The fourth-order valence-corrected chi connectivity index (χ4v) is 3.23. The molecular weight excluding hydrogens is 470 g/mol. The minimum absolute atomic E-state index is 0.0151. The number of alkyl halides is 6. The summed E-state index contributed by atoms with van der Waals surface area (Å²) in [4.78, 5) is 36.9. The van der Waals surface area contributed by atoms with Crippen molar-refractivity contribution in [3.8, 4) is 0 Å². The number of nitrogens with zero attached hydrogens (tertiary/aromatic N) is 1. The molecule has 0 aromatic heterocycles. The monoisotopic (exact) mass is 486 g/mol. The number of ether oxygens (including phenoxy) is 1. The van der Waals surface area contributed by atoms with Gasteiger partial charge in [-0.3, -0.25) is 14.5 Å². The predicted molar refractivity (Wildman–Crippen MR) is 108 cm³/mol. The number of carbonyl (C=O) groups excluding carboxylic acids is 3. The van der Waals surface area contributed by atoms with E-state index in [1.54, 1.807) is 0 Å². The van der Waals surface area contributed by atoms with E-state index in [4.69, 9.17) is 4.74 Å². The van der Waals surface area contributed by atoms with Gasteiger partial charge in [0.1, 0.15) is 6.04 Å². The van der Waals surface area contributed by atoms with Crippen molar-refractivity contribution < 1.29 is 45.5 Å². The summed E-state index contributed by atoms with van der Waals surface area (Å²) in [5.74, 6) is -3.36. The molecule has 2 aromatic carbocycles. The van der Waals surface area contributed by atoms with E-state index >= 15 is 0 Å². The largest absolute Gasteiger partial charge is 0.452 e. The van der Waals surface area contributed by atoms with Crippen molar-refractivity contribution in [2.75, 3.05) is 16.8 Å². The lowest BCUT2D eigenvalue weighted by molar-refractivity contribution is -0.159. The van der Waals surface area contributed by atoms with Gasteiger partial charge in [0.15, 0.2) is 6.61 Å². The number of hydrogen-bond donors (Lipinski definition) is 1. The molecule has 0 saturated carbocycles. The fourth-order valence-electron chi connectivity index (χ4n) is 3.23. The van der Waals surface area contributed by atoms with Gasteiger partial charge in [0.05, 0.1) is 23.4 Å². The molecule has 0 spiro atoms. The number of benzene rings is 2. The average Bonchev–Trinajstić information content (AvgIpc) is 2.91. The lowest BCUT2D eigenvalue weighted by atomic mass is 10.1. The van der Waals surface area contributed by atoms with Crippen molar-refractivity contribution in [3.63, 3.8) is 0 Å². The Morgan fingerprint density at radius 1 is 1.06 bits per heavy atom. The molecular formula is C22H16F6N2O4. The number of hydrogen-bond acceptors (Lipinski definition) is 4. The van der Waals surface area contributed by atoms with Crippen LogP contribution in [0.5, 0.6) is 0 Å². The highest BCUT2D eigenvalue weighted by atomic mass is 19.4. The Hall–Kier alpha value is -3.83. The molecule has 0 bridgehead atoms. The fraction of sp³-hybridized carbons (Fsp3) is 0.227. The third-order valence-electron chi connectivity index (χ3n) is 4.74. The first-order chi connectivity index (χ1) is 15.9. The second kappa shape index (κ2) is 9.57. The van der Waals surface area contributed by atoms with Crippen LogP contribution in [0, 0.1) is 0 Å². The van der Waals surface area contributed by atoms with Gasteiger partial charge in [-0.2, -0.15) is 26.3 Å². The maximum atomic E-state index is 13.7. The predicted octanol–water partition coefficient (Wildman–Crippen LogP) is 4.57. The van der Waals surface area contributed by atoms with Crippen molar-refractivity contribution in [2.45, 2.75) is 24.8 Å². The van der Waals surface area contributed by atoms with Crippen LogP contribution in [0.1, 0.15) is 17.5 Å². The Labute approximate surface area is 188 Å². The van der Waals surface area contributed by atoms with Crippen LogP contribution in [0.25, 0.3) is 6.08 Å². The highest BCUT2D eigenvalue weighted by molar-refractivity contribution is 6.05. The zero-order valence-electron chi connectivity index (χ0n) is 17.1. The van der Waals surface area contributed by atoms with Gasteiger partial charge in [-0.1, -0.05) is 24.3 Å². The molecule has 1 aliphatic rings. The topological polar surface area (TPSA) is 75.7 Å². The third-order valence-corrected chi connectivity index (χ3v) is 4.74. The van der Waals surface area contributed by atoms with E-state index in [2.05, 4.69) is 5.32 Å². The van der Waals surface area contributed by atoms with Gasteiger partial charge in [-0.15, -0.1) is 0 Å². The normalized spacial score (nSPS) is 16.6.